The van der Waals surface area contributed by atoms with Crippen molar-refractivity contribution in [1.82, 2.24) is 4.90 Å². The number of fused-ring (bicyclic) bond motifs is 2. The van der Waals surface area contributed by atoms with E-state index in [9.17, 15) is 9.59 Å². The van der Waals surface area contributed by atoms with E-state index in [1.807, 2.05) is 35.2 Å². The third kappa shape index (κ3) is 2.53. The molecular formula is C23H24N2O3. The molecule has 0 bridgehead atoms. The number of carbonyl (C=O) groups is 2. The van der Waals surface area contributed by atoms with E-state index < -0.39 is 0 Å². The number of carbonyl (C=O) groups excluding carboxylic acids is 2. The lowest BCUT2D eigenvalue weighted by molar-refractivity contribution is -0.165. The fourth-order valence-electron chi connectivity index (χ4n) is 5.23. The first-order valence-corrected chi connectivity index (χ1v) is 10.1. The molecule has 2 aliphatic heterocycles. The van der Waals surface area contributed by atoms with Crippen molar-refractivity contribution >= 4 is 17.5 Å². The van der Waals surface area contributed by atoms with E-state index in [2.05, 4.69) is 24.3 Å². The smallest absolute Gasteiger partial charge is 0.265 e. The summed E-state index contributed by atoms with van der Waals surface area (Å²) in [5.41, 5.74) is 1.71. The maximum absolute atomic E-state index is 13.4. The second-order valence-electron chi connectivity index (χ2n) is 7.97. The molecule has 5 nitrogen and oxygen atoms in total. The number of amides is 2. The highest BCUT2D eigenvalue weighted by Gasteiger charge is 2.57. The normalized spacial score (nSPS) is 26.0. The molecule has 2 amide bonds. The Labute approximate surface area is 164 Å². The van der Waals surface area contributed by atoms with Crippen LogP contribution in [-0.4, -0.2) is 36.4 Å². The highest BCUT2D eigenvalue weighted by atomic mass is 16.5. The summed E-state index contributed by atoms with van der Waals surface area (Å²) in [4.78, 5) is 29.5. The molecule has 2 unspecified atom stereocenters. The van der Waals surface area contributed by atoms with Gasteiger partial charge in [0.1, 0.15) is 12.3 Å². The van der Waals surface area contributed by atoms with Crippen LogP contribution in [0.5, 0.6) is 5.75 Å². The van der Waals surface area contributed by atoms with E-state index in [-0.39, 0.29) is 30.5 Å². The van der Waals surface area contributed by atoms with Crippen LogP contribution in [0.15, 0.2) is 54.6 Å². The molecule has 0 aromatic heterocycles. The Morgan fingerprint density at radius 2 is 1.86 bits per heavy atom. The van der Waals surface area contributed by atoms with Gasteiger partial charge in [-0.25, -0.2) is 0 Å². The number of hydrogen-bond donors (Lipinski definition) is 0. The lowest BCUT2D eigenvalue weighted by Gasteiger charge is -2.61. The van der Waals surface area contributed by atoms with Crippen molar-refractivity contribution in [1.29, 1.82) is 0 Å². The second-order valence-corrected chi connectivity index (χ2v) is 7.97. The zero-order valence-corrected chi connectivity index (χ0v) is 15.8. The highest BCUT2D eigenvalue weighted by Crippen LogP contribution is 2.53. The predicted molar refractivity (Wildman–Crippen MR) is 106 cm³/mol. The van der Waals surface area contributed by atoms with Crippen LogP contribution in [0, 0.1) is 5.92 Å². The van der Waals surface area contributed by atoms with E-state index in [4.69, 9.17) is 4.74 Å². The quantitative estimate of drug-likeness (QED) is 0.826. The molecule has 2 aromatic carbocycles. The lowest BCUT2D eigenvalue weighted by atomic mass is 9.61. The van der Waals surface area contributed by atoms with Gasteiger partial charge in [0, 0.05) is 12.5 Å². The van der Waals surface area contributed by atoms with E-state index in [0.717, 1.165) is 25.8 Å². The number of para-hydroxylation sites is 2. The molecule has 144 valence electrons. The van der Waals surface area contributed by atoms with Crippen molar-refractivity contribution in [3.63, 3.8) is 0 Å². The Kier molecular flexibility index (Phi) is 4.11. The van der Waals surface area contributed by atoms with Gasteiger partial charge in [0.15, 0.2) is 6.61 Å². The number of benzene rings is 2. The number of nitrogens with zero attached hydrogens (tertiary/aromatic N) is 2. The summed E-state index contributed by atoms with van der Waals surface area (Å²) < 4.78 is 5.51. The summed E-state index contributed by atoms with van der Waals surface area (Å²) in [6.07, 6.45) is 4.53. The largest absolute Gasteiger partial charge is 0.482 e. The summed E-state index contributed by atoms with van der Waals surface area (Å²) in [6, 6.07) is 17.8. The molecule has 2 aromatic rings. The molecule has 5 heteroatoms. The maximum atomic E-state index is 13.4. The van der Waals surface area contributed by atoms with Gasteiger partial charge in [-0.3, -0.25) is 14.5 Å². The van der Waals surface area contributed by atoms with Gasteiger partial charge < -0.3 is 9.64 Å². The maximum Gasteiger partial charge on any atom is 0.265 e. The lowest BCUT2D eigenvalue weighted by Crippen LogP contribution is -2.69. The van der Waals surface area contributed by atoms with Crippen molar-refractivity contribution < 1.29 is 14.3 Å². The van der Waals surface area contributed by atoms with Crippen LogP contribution in [-0.2, 0) is 15.1 Å². The number of hydrogen-bond acceptors (Lipinski definition) is 3. The molecule has 2 heterocycles. The molecule has 0 spiro atoms. The van der Waals surface area contributed by atoms with Crippen LogP contribution >= 0.6 is 0 Å². The number of ether oxygens (including phenoxy) is 1. The fourth-order valence-corrected chi connectivity index (χ4v) is 5.23. The van der Waals surface area contributed by atoms with Crippen molar-refractivity contribution in [2.24, 2.45) is 5.92 Å². The number of rotatable bonds is 3. The molecule has 0 radical (unpaired) electrons. The average molecular weight is 376 g/mol. The van der Waals surface area contributed by atoms with Crippen molar-refractivity contribution in [3.05, 3.63) is 60.2 Å². The Morgan fingerprint density at radius 3 is 2.68 bits per heavy atom. The van der Waals surface area contributed by atoms with Gasteiger partial charge in [-0.1, -0.05) is 55.3 Å². The van der Waals surface area contributed by atoms with Crippen molar-refractivity contribution in [3.8, 4) is 5.75 Å². The van der Waals surface area contributed by atoms with Crippen LogP contribution < -0.4 is 9.64 Å². The minimum absolute atomic E-state index is 0.0171. The van der Waals surface area contributed by atoms with Crippen LogP contribution in [0.1, 0.15) is 31.2 Å². The van der Waals surface area contributed by atoms with E-state index >= 15 is 0 Å². The van der Waals surface area contributed by atoms with E-state index in [1.165, 1.54) is 12.0 Å². The fraction of sp³-hybridized carbons (Fsp3) is 0.391. The third-order valence-electron chi connectivity index (χ3n) is 6.60. The topological polar surface area (TPSA) is 49.9 Å². The van der Waals surface area contributed by atoms with Crippen LogP contribution in [0.3, 0.4) is 0 Å². The first kappa shape index (κ1) is 17.3. The first-order valence-electron chi connectivity index (χ1n) is 10.1. The molecule has 2 atom stereocenters. The standard InChI is InChI=1S/C23H24N2O3/c26-21(15-24-19-11-4-5-12-20(19)28-16-22(24)27)25-14-18-10-6-7-13-23(18,25)17-8-2-1-3-9-17/h1-5,8-9,11-12,18H,6-7,10,13-16H2. The summed E-state index contributed by atoms with van der Waals surface area (Å²) >= 11 is 0. The number of likely N-dealkylation sites (tertiary alicyclic amines) is 1. The summed E-state index contributed by atoms with van der Waals surface area (Å²) in [5.74, 6) is 1.03. The Hall–Kier alpha value is -2.82. The molecule has 3 aliphatic rings. The van der Waals surface area contributed by atoms with Gasteiger partial charge in [0.05, 0.1) is 11.2 Å². The van der Waals surface area contributed by atoms with E-state index in [0.29, 0.717) is 17.4 Å². The zero-order chi connectivity index (χ0) is 19.1. The Bertz CT molecular complexity index is 913. The second kappa shape index (κ2) is 6.66. The molecule has 5 rings (SSSR count). The predicted octanol–water partition coefficient (Wildman–Crippen LogP) is 3.34. The molecule has 2 fully saturated rings. The highest BCUT2D eigenvalue weighted by molar-refractivity contribution is 6.02. The Morgan fingerprint density at radius 1 is 1.07 bits per heavy atom. The van der Waals surface area contributed by atoms with Gasteiger partial charge in [-0.15, -0.1) is 0 Å². The first-order chi connectivity index (χ1) is 13.7. The summed E-state index contributed by atoms with van der Waals surface area (Å²) in [6.45, 7) is 0.838. The molecule has 28 heavy (non-hydrogen) atoms. The molecule has 1 aliphatic carbocycles. The minimum atomic E-state index is -0.203. The minimum Gasteiger partial charge on any atom is -0.482 e. The van der Waals surface area contributed by atoms with Crippen molar-refractivity contribution in [2.45, 2.75) is 31.2 Å². The van der Waals surface area contributed by atoms with Crippen LogP contribution in [0.25, 0.3) is 0 Å². The van der Waals surface area contributed by atoms with Gasteiger partial charge in [-0.2, -0.15) is 0 Å². The number of anilines is 1. The summed E-state index contributed by atoms with van der Waals surface area (Å²) in [7, 11) is 0. The SMILES string of the molecule is O=C1COc2ccccc2N1CC(=O)N1CC2CCCCC21c1ccccc1. The van der Waals surface area contributed by atoms with Crippen LogP contribution in [0.4, 0.5) is 5.69 Å². The third-order valence-corrected chi connectivity index (χ3v) is 6.60. The van der Waals surface area contributed by atoms with E-state index in [1.54, 1.807) is 4.90 Å². The molecule has 0 N–H and O–H groups in total. The van der Waals surface area contributed by atoms with Gasteiger partial charge in [-0.05, 0) is 30.5 Å². The molecular weight excluding hydrogens is 352 g/mol. The molecule has 1 saturated heterocycles. The zero-order valence-electron chi connectivity index (χ0n) is 15.8. The van der Waals surface area contributed by atoms with Crippen LogP contribution in [0.2, 0.25) is 0 Å². The molecule has 1 saturated carbocycles. The summed E-state index contributed by atoms with van der Waals surface area (Å²) in [5, 5.41) is 0. The monoisotopic (exact) mass is 376 g/mol. The van der Waals surface area contributed by atoms with Gasteiger partial charge in [0.2, 0.25) is 5.91 Å². The van der Waals surface area contributed by atoms with Gasteiger partial charge >= 0.3 is 0 Å². The average Bonchev–Trinajstić information content (AvgIpc) is 2.72. The Balaban J connectivity index is 1.44. The van der Waals surface area contributed by atoms with Crippen molar-refractivity contribution in [2.75, 3.05) is 24.6 Å². The van der Waals surface area contributed by atoms with Gasteiger partial charge in [0.25, 0.3) is 5.91 Å².